The maximum Gasteiger partial charge on any atom is 0.210 e. The van der Waals surface area contributed by atoms with E-state index in [9.17, 15) is 0 Å². The van der Waals surface area contributed by atoms with Gasteiger partial charge in [-0.1, -0.05) is 198 Å². The van der Waals surface area contributed by atoms with Crippen molar-refractivity contribution in [2.75, 3.05) is 37.4 Å². The molecule has 0 bridgehead atoms. The number of anilines is 2. The Balaban J connectivity index is 0.799. The molecule has 8 aromatic carbocycles. The summed E-state index contributed by atoms with van der Waals surface area (Å²) < 4.78 is 12.6. The molecule has 4 fully saturated rings. The van der Waals surface area contributed by atoms with Crippen LogP contribution in [0.1, 0.15) is 151 Å². The second-order valence-corrected chi connectivity index (χ2v) is 26.3. The molecule has 4 saturated carbocycles. The third kappa shape index (κ3) is 7.67. The van der Waals surface area contributed by atoms with E-state index in [1.54, 1.807) is 11.1 Å². The van der Waals surface area contributed by atoms with E-state index in [4.69, 9.17) is 4.74 Å². The highest BCUT2D eigenvalue weighted by Gasteiger charge is 2.55. The van der Waals surface area contributed by atoms with Gasteiger partial charge in [-0.15, -0.1) is 0 Å². The second kappa shape index (κ2) is 20.2. The van der Waals surface area contributed by atoms with Crippen molar-refractivity contribution in [2.24, 2.45) is 0 Å². The number of rotatable bonds is 8. The summed E-state index contributed by atoms with van der Waals surface area (Å²) in [7, 11) is 4.67. The Morgan fingerprint density at radius 3 is 1.04 bits per heavy atom. The molecule has 4 spiro atoms. The molecule has 83 heavy (non-hydrogen) atoms. The molecule has 0 N–H and O–H groups in total. The van der Waals surface area contributed by atoms with E-state index < -0.39 is 0 Å². The fourth-order valence-corrected chi connectivity index (χ4v) is 18.9. The molecular weight excluding hydrogens is 1010 g/mol. The molecule has 16 rings (SSSR count). The van der Waals surface area contributed by atoms with Crippen molar-refractivity contribution in [3.63, 3.8) is 0 Å². The minimum Gasteiger partial charge on any atom is -0.340 e. The van der Waals surface area contributed by atoms with Gasteiger partial charge in [0.25, 0.3) is 0 Å². The fraction of sp³-hybridized carbons (Fsp3) is 0.359. The van der Waals surface area contributed by atoms with Crippen molar-refractivity contribution >= 4 is 77.3 Å². The molecule has 0 amide bonds. The van der Waals surface area contributed by atoms with E-state index in [0.717, 1.165) is 25.7 Å². The highest BCUT2D eigenvalue weighted by Crippen LogP contribution is 2.60. The van der Waals surface area contributed by atoms with Crippen molar-refractivity contribution in [1.29, 1.82) is 0 Å². The number of hydrogen-bond donors (Lipinski definition) is 0. The van der Waals surface area contributed by atoms with Crippen LogP contribution in [0.25, 0.3) is 43.1 Å². The van der Waals surface area contributed by atoms with Gasteiger partial charge in [-0.05, 0) is 142 Å². The SMILES string of the molecule is C[N+]1=C(C=CC=C2N(COCN3C(=CC=CC4=[N+](C)c5ccc6ccccc6c5C45CCCCC5)C4(CCCCC4)c4c3ccc3ccccc43)c3ccc4ccccc4c3C23CCCCC3)C2(CCCCC2)c2c1ccc1ccccc21. The van der Waals surface area contributed by atoms with Gasteiger partial charge >= 0.3 is 0 Å². The van der Waals surface area contributed by atoms with Gasteiger partial charge in [0, 0.05) is 69.0 Å². The molecule has 4 aliphatic heterocycles. The van der Waals surface area contributed by atoms with Gasteiger partial charge in [0.1, 0.15) is 27.6 Å². The molecule has 4 aliphatic carbocycles. The summed E-state index contributed by atoms with van der Waals surface area (Å²) in [6.45, 7) is 0.940. The second-order valence-electron chi connectivity index (χ2n) is 26.3. The van der Waals surface area contributed by atoms with Gasteiger partial charge in [-0.2, -0.15) is 9.15 Å². The van der Waals surface area contributed by atoms with Crippen molar-refractivity contribution in [2.45, 2.75) is 150 Å². The molecular formula is C78H80N4O+2. The van der Waals surface area contributed by atoms with Crippen molar-refractivity contribution in [1.82, 2.24) is 0 Å². The van der Waals surface area contributed by atoms with Crippen LogP contribution >= 0.6 is 0 Å². The highest BCUT2D eigenvalue weighted by molar-refractivity contribution is 6.10. The minimum atomic E-state index is -0.107. The van der Waals surface area contributed by atoms with Crippen LogP contribution in [0, 0.1) is 0 Å². The quantitative estimate of drug-likeness (QED) is 0.142. The number of allylic oxidation sites excluding steroid dienone is 8. The lowest BCUT2D eigenvalue weighted by atomic mass is 9.66. The number of hydrogen-bond acceptors (Lipinski definition) is 3. The van der Waals surface area contributed by atoms with Crippen molar-refractivity contribution in [3.05, 3.63) is 216 Å². The van der Waals surface area contributed by atoms with Crippen molar-refractivity contribution in [3.8, 4) is 0 Å². The molecule has 0 atom stereocenters. The maximum absolute atomic E-state index is 7.50. The summed E-state index contributed by atoms with van der Waals surface area (Å²) in [5.41, 5.74) is 17.0. The maximum atomic E-state index is 7.50. The molecule has 5 heteroatoms. The van der Waals surface area contributed by atoms with Gasteiger partial charge in [0.2, 0.25) is 11.4 Å². The Hall–Kier alpha value is -7.34. The van der Waals surface area contributed by atoms with Crippen LogP contribution in [-0.4, -0.2) is 48.1 Å². The predicted octanol–water partition coefficient (Wildman–Crippen LogP) is 19.1. The molecule has 4 heterocycles. The number of nitrogens with zero attached hydrogens (tertiary/aromatic N) is 4. The lowest BCUT2D eigenvalue weighted by molar-refractivity contribution is -0.401. The van der Waals surface area contributed by atoms with Gasteiger partial charge in [0.05, 0.1) is 10.8 Å². The van der Waals surface area contributed by atoms with E-state index in [0.29, 0.717) is 13.5 Å². The summed E-state index contributed by atoms with van der Waals surface area (Å²) in [5.74, 6) is 0. The van der Waals surface area contributed by atoms with Crippen molar-refractivity contribution < 1.29 is 13.9 Å². The molecule has 416 valence electrons. The minimum absolute atomic E-state index is 0.00864. The molecule has 0 radical (unpaired) electrons. The molecule has 0 unspecified atom stereocenters. The highest BCUT2D eigenvalue weighted by atomic mass is 16.5. The lowest BCUT2D eigenvalue weighted by Crippen LogP contribution is -2.37. The Morgan fingerprint density at radius 2 is 0.675 bits per heavy atom. The average Bonchev–Trinajstić information content (AvgIpc) is 4.31. The van der Waals surface area contributed by atoms with Crippen LogP contribution < -0.4 is 9.80 Å². The summed E-state index contributed by atoms with van der Waals surface area (Å²) in [6.07, 6.45) is 39.6. The third-order valence-electron chi connectivity index (χ3n) is 22.4. The number of fused-ring (bicyclic) bond motifs is 16. The Bertz CT molecular complexity index is 3870. The van der Waals surface area contributed by atoms with E-state index in [2.05, 4.69) is 215 Å². The standard InChI is InChI=1S/C78H80N4O/c1-79-63-41-37-55-25-7-11-29-59(55)71(63)75(45-15-3-16-46-75)67(79)33-23-35-69-77(49-19-5-20-50-77)73-61-31-13-9-27-57(61)39-43-65(73)81(69)53-83-54-82-66-44-40-58-28-10-14-32-62(58)74(66)78(51-21-6-22-52-78)70(82)36-24-34-68-76(47-17-4-18-48-76)72-60-30-12-8-26-56(60)38-42-64(72)80(68)2/h7-14,23-44H,3-6,15-22,45-54H2,1-2H3/q+2. The molecule has 8 aliphatic rings. The zero-order valence-corrected chi connectivity index (χ0v) is 49.1. The number of benzene rings is 8. The Morgan fingerprint density at radius 1 is 0.361 bits per heavy atom. The summed E-state index contributed by atoms with van der Waals surface area (Å²) in [4.78, 5) is 5.24. The molecule has 5 nitrogen and oxygen atoms in total. The summed E-state index contributed by atoms with van der Waals surface area (Å²) >= 11 is 0. The van der Waals surface area contributed by atoms with Gasteiger partial charge in [-0.3, -0.25) is 0 Å². The van der Waals surface area contributed by atoms with Gasteiger partial charge in [0.15, 0.2) is 11.4 Å². The van der Waals surface area contributed by atoms with Gasteiger partial charge in [-0.25, -0.2) is 0 Å². The monoisotopic (exact) mass is 1090 g/mol. The third-order valence-corrected chi connectivity index (χ3v) is 22.4. The topological polar surface area (TPSA) is 21.7 Å². The van der Waals surface area contributed by atoms with E-state index >= 15 is 0 Å². The van der Waals surface area contributed by atoms with E-state index in [1.165, 1.54) is 203 Å². The summed E-state index contributed by atoms with van der Waals surface area (Å²) in [6, 6.07) is 55.7. The first-order chi connectivity index (χ1) is 40.9. The van der Waals surface area contributed by atoms with Crippen LogP contribution in [0.15, 0.2) is 193 Å². The first-order valence-corrected chi connectivity index (χ1v) is 32.2. The van der Waals surface area contributed by atoms with Crippen LogP contribution in [-0.2, 0) is 26.4 Å². The smallest absolute Gasteiger partial charge is 0.210 e. The normalized spacial score (nSPS) is 22.2. The predicted molar refractivity (Wildman–Crippen MR) is 347 cm³/mol. The lowest BCUT2D eigenvalue weighted by Gasteiger charge is -2.38. The molecule has 0 aromatic heterocycles. The summed E-state index contributed by atoms with van der Waals surface area (Å²) in [5, 5.41) is 11.0. The van der Waals surface area contributed by atoms with Gasteiger partial charge < -0.3 is 14.5 Å². The van der Waals surface area contributed by atoms with E-state index in [1.807, 2.05) is 0 Å². The van der Waals surface area contributed by atoms with Crippen LogP contribution in [0.4, 0.5) is 22.7 Å². The molecule has 0 saturated heterocycles. The van der Waals surface area contributed by atoms with Crippen LogP contribution in [0.5, 0.6) is 0 Å². The van der Waals surface area contributed by atoms with Crippen LogP contribution in [0.3, 0.4) is 0 Å². The first kappa shape index (κ1) is 51.3. The molecule has 8 aromatic rings. The van der Waals surface area contributed by atoms with Crippen LogP contribution in [0.2, 0.25) is 0 Å². The average molecular weight is 1090 g/mol. The Labute approximate surface area is 491 Å². The fourth-order valence-electron chi connectivity index (χ4n) is 18.9. The number of ether oxygens (including phenoxy) is 1. The van der Waals surface area contributed by atoms with E-state index in [-0.39, 0.29) is 21.7 Å². The zero-order chi connectivity index (χ0) is 55.3. The largest absolute Gasteiger partial charge is 0.340 e. The zero-order valence-electron chi connectivity index (χ0n) is 49.1. The Kier molecular flexibility index (Phi) is 12.5. The first-order valence-electron chi connectivity index (χ1n) is 32.2.